The van der Waals surface area contributed by atoms with E-state index in [9.17, 15) is 4.79 Å². The Morgan fingerprint density at radius 3 is 3.04 bits per heavy atom. The molecular weight excluding hydrogens is 346 g/mol. The van der Waals surface area contributed by atoms with Crippen molar-refractivity contribution >= 4 is 28.3 Å². The number of aromatic amines is 1. The van der Waals surface area contributed by atoms with Gasteiger partial charge in [0.15, 0.2) is 0 Å². The molecule has 2 aromatic heterocycles. The van der Waals surface area contributed by atoms with Crippen LogP contribution in [0, 0.1) is 5.92 Å². The number of hydrogen-bond acceptors (Lipinski definition) is 4. The molecule has 0 aliphatic carbocycles. The highest BCUT2D eigenvalue weighted by molar-refractivity contribution is 7.10. The fourth-order valence-electron chi connectivity index (χ4n) is 4.30. The second-order valence-electron chi connectivity index (χ2n) is 7.09. The predicted molar refractivity (Wildman–Crippen MR) is 101 cm³/mol. The summed E-state index contributed by atoms with van der Waals surface area (Å²) in [4.78, 5) is 24.3. The molecule has 1 aromatic carbocycles. The second-order valence-corrected chi connectivity index (χ2v) is 8.04. The van der Waals surface area contributed by atoms with E-state index in [0.717, 1.165) is 55.6 Å². The Morgan fingerprint density at radius 1 is 1.27 bits per heavy atom. The van der Waals surface area contributed by atoms with E-state index in [4.69, 9.17) is 4.74 Å². The van der Waals surface area contributed by atoms with Crippen LogP contribution in [0.25, 0.3) is 11.0 Å². The van der Waals surface area contributed by atoms with Gasteiger partial charge in [0.1, 0.15) is 0 Å². The number of H-pyrrole nitrogens is 1. The lowest BCUT2D eigenvalue weighted by molar-refractivity contribution is 0.0206. The zero-order valence-corrected chi connectivity index (χ0v) is 15.3. The fourth-order valence-corrected chi connectivity index (χ4v) is 5.46. The molecule has 6 heteroatoms. The third-order valence-corrected chi connectivity index (χ3v) is 6.68. The van der Waals surface area contributed by atoms with Crippen LogP contribution in [0.5, 0.6) is 0 Å². The van der Waals surface area contributed by atoms with Crippen molar-refractivity contribution in [2.45, 2.75) is 25.3 Å². The number of ether oxygens (including phenoxy) is 1. The zero-order chi connectivity index (χ0) is 17.5. The van der Waals surface area contributed by atoms with E-state index in [1.54, 1.807) is 17.7 Å². The molecule has 26 heavy (non-hydrogen) atoms. The van der Waals surface area contributed by atoms with Gasteiger partial charge in [0.25, 0.3) is 5.91 Å². The van der Waals surface area contributed by atoms with Gasteiger partial charge >= 0.3 is 0 Å². The molecule has 1 amide bonds. The fraction of sp³-hybridized carbons (Fsp3) is 0.400. The van der Waals surface area contributed by atoms with E-state index in [1.165, 1.54) is 10.4 Å². The molecule has 0 bridgehead atoms. The van der Waals surface area contributed by atoms with Gasteiger partial charge in [-0.1, -0.05) is 0 Å². The van der Waals surface area contributed by atoms with E-state index in [1.807, 2.05) is 18.2 Å². The number of hydrogen-bond donors (Lipinski definition) is 1. The smallest absolute Gasteiger partial charge is 0.254 e. The molecule has 1 saturated heterocycles. The molecule has 5 nitrogen and oxygen atoms in total. The van der Waals surface area contributed by atoms with Gasteiger partial charge in [0.2, 0.25) is 0 Å². The maximum atomic E-state index is 13.4. The minimum Gasteiger partial charge on any atom is -0.381 e. The lowest BCUT2D eigenvalue weighted by atomic mass is 9.85. The van der Waals surface area contributed by atoms with Gasteiger partial charge in [-0.25, -0.2) is 4.98 Å². The number of carbonyl (C=O) groups excluding carboxylic acids is 1. The van der Waals surface area contributed by atoms with Crippen LogP contribution in [-0.4, -0.2) is 40.5 Å². The summed E-state index contributed by atoms with van der Waals surface area (Å²) in [5.74, 6) is 0.596. The van der Waals surface area contributed by atoms with Crippen molar-refractivity contribution in [2.24, 2.45) is 5.92 Å². The Labute approximate surface area is 156 Å². The minimum absolute atomic E-state index is 0.122. The van der Waals surface area contributed by atoms with Crippen LogP contribution in [0.4, 0.5) is 0 Å². The average Bonchev–Trinajstić information content (AvgIpc) is 3.35. The van der Waals surface area contributed by atoms with Crippen molar-refractivity contribution in [2.75, 3.05) is 19.8 Å². The molecule has 4 heterocycles. The van der Waals surface area contributed by atoms with Crippen LogP contribution in [0.2, 0.25) is 0 Å². The van der Waals surface area contributed by atoms with Crippen LogP contribution in [0.15, 0.2) is 36.0 Å². The molecule has 1 atom stereocenters. The molecule has 2 aliphatic rings. The Balaban J connectivity index is 1.51. The Kier molecular flexibility index (Phi) is 4.02. The highest BCUT2D eigenvalue weighted by Gasteiger charge is 2.38. The highest BCUT2D eigenvalue weighted by Crippen LogP contribution is 2.42. The van der Waals surface area contributed by atoms with Crippen LogP contribution < -0.4 is 0 Å². The van der Waals surface area contributed by atoms with Crippen LogP contribution in [0.3, 0.4) is 0 Å². The van der Waals surface area contributed by atoms with Gasteiger partial charge in [-0.2, -0.15) is 0 Å². The molecule has 0 radical (unpaired) electrons. The molecule has 0 spiro atoms. The van der Waals surface area contributed by atoms with Crippen LogP contribution in [0.1, 0.15) is 39.7 Å². The topological polar surface area (TPSA) is 58.2 Å². The van der Waals surface area contributed by atoms with Gasteiger partial charge in [0.05, 0.1) is 23.4 Å². The summed E-state index contributed by atoms with van der Waals surface area (Å²) < 4.78 is 5.57. The van der Waals surface area contributed by atoms with Crippen molar-refractivity contribution in [3.63, 3.8) is 0 Å². The van der Waals surface area contributed by atoms with Gasteiger partial charge in [-0.05, 0) is 60.4 Å². The first-order valence-corrected chi connectivity index (χ1v) is 10.1. The average molecular weight is 367 g/mol. The number of nitrogens with zero attached hydrogens (tertiary/aromatic N) is 2. The van der Waals surface area contributed by atoms with Crippen LogP contribution >= 0.6 is 11.3 Å². The number of rotatable bonds is 2. The number of amides is 1. The second kappa shape index (κ2) is 6.52. The van der Waals surface area contributed by atoms with Crippen molar-refractivity contribution < 1.29 is 9.53 Å². The number of aromatic nitrogens is 2. The zero-order valence-electron chi connectivity index (χ0n) is 14.5. The standard InChI is InChI=1S/C20H21N3O2S/c24-20(15-1-2-16-17(11-15)22-12-21-16)23-7-3-14-6-10-26-19(14)18(23)13-4-8-25-9-5-13/h1-2,6,10-13,18H,3-5,7-9H2,(H,21,22). The molecular formula is C20H21N3O2S. The summed E-state index contributed by atoms with van der Waals surface area (Å²) in [7, 11) is 0. The first-order valence-electron chi connectivity index (χ1n) is 9.19. The third kappa shape index (κ3) is 2.64. The van der Waals surface area contributed by atoms with E-state index in [2.05, 4.69) is 26.3 Å². The minimum atomic E-state index is 0.122. The Hall–Kier alpha value is -2.18. The quantitative estimate of drug-likeness (QED) is 0.750. The maximum absolute atomic E-state index is 13.4. The molecule has 5 rings (SSSR count). The molecule has 1 N–H and O–H groups in total. The van der Waals surface area contributed by atoms with E-state index in [0.29, 0.717) is 5.92 Å². The summed E-state index contributed by atoms with van der Waals surface area (Å²) in [5, 5.41) is 2.17. The summed E-state index contributed by atoms with van der Waals surface area (Å²) in [6, 6.07) is 8.15. The number of thiophene rings is 1. The van der Waals surface area contributed by atoms with Gasteiger partial charge in [-0.3, -0.25) is 4.79 Å². The number of imidazole rings is 1. The lowest BCUT2D eigenvalue weighted by Crippen LogP contribution is -2.43. The number of carbonyl (C=O) groups is 1. The number of nitrogens with one attached hydrogen (secondary N) is 1. The molecule has 2 aliphatic heterocycles. The molecule has 1 unspecified atom stereocenters. The normalized spacial score (nSPS) is 21.1. The Bertz CT molecular complexity index is 941. The van der Waals surface area contributed by atoms with Gasteiger partial charge < -0.3 is 14.6 Å². The van der Waals surface area contributed by atoms with Crippen molar-refractivity contribution in [1.29, 1.82) is 0 Å². The highest BCUT2D eigenvalue weighted by atomic mass is 32.1. The van der Waals surface area contributed by atoms with E-state index >= 15 is 0 Å². The first kappa shape index (κ1) is 16.0. The molecule has 134 valence electrons. The SMILES string of the molecule is O=C(c1ccc2nc[nH]c2c1)N1CCc2ccsc2C1C1CCOCC1. The Morgan fingerprint density at radius 2 is 2.15 bits per heavy atom. The van der Waals surface area contributed by atoms with Gasteiger partial charge in [0, 0.05) is 30.2 Å². The molecule has 3 aromatic rings. The first-order chi connectivity index (χ1) is 12.8. The summed E-state index contributed by atoms with van der Waals surface area (Å²) >= 11 is 1.80. The van der Waals surface area contributed by atoms with Gasteiger partial charge in [-0.15, -0.1) is 11.3 Å². The summed E-state index contributed by atoms with van der Waals surface area (Å²) in [5.41, 5.74) is 3.95. The van der Waals surface area contributed by atoms with Crippen LogP contribution in [-0.2, 0) is 11.2 Å². The summed E-state index contributed by atoms with van der Waals surface area (Å²) in [6.07, 6.45) is 4.65. The largest absolute Gasteiger partial charge is 0.381 e. The number of fused-ring (bicyclic) bond motifs is 2. The lowest BCUT2D eigenvalue weighted by Gasteiger charge is -2.41. The molecule has 0 saturated carbocycles. The van der Waals surface area contributed by atoms with Crippen molar-refractivity contribution in [3.8, 4) is 0 Å². The monoisotopic (exact) mass is 367 g/mol. The van der Waals surface area contributed by atoms with Crippen molar-refractivity contribution in [1.82, 2.24) is 14.9 Å². The summed E-state index contributed by atoms with van der Waals surface area (Å²) in [6.45, 7) is 2.37. The van der Waals surface area contributed by atoms with Crippen molar-refractivity contribution in [3.05, 3.63) is 52.0 Å². The van der Waals surface area contributed by atoms with E-state index in [-0.39, 0.29) is 11.9 Å². The predicted octanol–water partition coefficient (Wildman–Crippen LogP) is 3.79. The molecule has 1 fully saturated rings. The number of benzene rings is 1. The third-order valence-electron chi connectivity index (χ3n) is 5.65. The maximum Gasteiger partial charge on any atom is 0.254 e. The van der Waals surface area contributed by atoms with E-state index < -0.39 is 0 Å².